The number of aliphatic hydroxyl groups is 1. The number of hydrogen-bond acceptors (Lipinski definition) is 4. The Morgan fingerprint density at radius 2 is 1.41 bits per heavy atom. The topological polar surface area (TPSA) is 77.8 Å². The molecule has 0 unspecified atom stereocenters. The van der Waals surface area contributed by atoms with E-state index in [2.05, 4.69) is 0 Å². The quantitative estimate of drug-likeness (QED) is 0.292. The van der Waals surface area contributed by atoms with E-state index in [1.807, 2.05) is 6.92 Å². The van der Waals surface area contributed by atoms with Gasteiger partial charge in [0.25, 0.3) is 0 Å². The molecule has 4 heteroatoms. The fourth-order valence-electron chi connectivity index (χ4n) is 2.84. The summed E-state index contributed by atoms with van der Waals surface area (Å²) in [5, 5.41) is 29.8. The zero-order valence-corrected chi connectivity index (χ0v) is 17.1. The van der Waals surface area contributed by atoms with Gasteiger partial charge in [0.05, 0.1) is 0 Å². The molecule has 0 saturated carbocycles. The lowest BCUT2D eigenvalue weighted by molar-refractivity contribution is -0.111. The third kappa shape index (κ3) is 6.39. The van der Waals surface area contributed by atoms with Crippen LogP contribution in [0.15, 0.2) is 59.9 Å². The highest BCUT2D eigenvalue weighted by Gasteiger charge is 2.11. The van der Waals surface area contributed by atoms with Gasteiger partial charge >= 0.3 is 0 Å². The lowest BCUT2D eigenvalue weighted by atomic mass is 10.0. The summed E-state index contributed by atoms with van der Waals surface area (Å²) in [6, 6.07) is 10.3. The summed E-state index contributed by atoms with van der Waals surface area (Å²) < 4.78 is 0. The lowest BCUT2D eigenvalue weighted by Gasteiger charge is -2.06. The Bertz CT molecular complexity index is 965. The van der Waals surface area contributed by atoms with E-state index in [0.717, 1.165) is 35.1 Å². The largest absolute Gasteiger partial charge is 0.508 e. The molecule has 4 nitrogen and oxygen atoms in total. The van der Waals surface area contributed by atoms with Gasteiger partial charge in [0.15, 0.2) is 5.78 Å². The van der Waals surface area contributed by atoms with Gasteiger partial charge in [-0.25, -0.2) is 0 Å². The number of hydrogen-bond donors (Lipinski definition) is 3. The highest BCUT2D eigenvalue weighted by Crippen LogP contribution is 2.21. The molecule has 0 aliphatic rings. The first-order valence-electron chi connectivity index (χ1n) is 9.73. The first kappa shape index (κ1) is 22.0. The molecule has 0 aliphatic heterocycles. The van der Waals surface area contributed by atoms with E-state index in [0.29, 0.717) is 12.0 Å². The predicted molar refractivity (Wildman–Crippen MR) is 118 cm³/mol. The highest BCUT2D eigenvalue weighted by atomic mass is 16.3. The molecule has 0 atom stereocenters. The van der Waals surface area contributed by atoms with E-state index in [4.69, 9.17) is 0 Å². The van der Waals surface area contributed by atoms with Gasteiger partial charge in [-0.15, -0.1) is 0 Å². The Hall–Kier alpha value is -3.27. The second kappa shape index (κ2) is 10.3. The zero-order chi connectivity index (χ0) is 21.4. The van der Waals surface area contributed by atoms with Crippen LogP contribution in [-0.4, -0.2) is 21.1 Å². The van der Waals surface area contributed by atoms with Crippen molar-refractivity contribution in [2.75, 3.05) is 0 Å². The Morgan fingerprint density at radius 1 is 0.897 bits per heavy atom. The van der Waals surface area contributed by atoms with E-state index in [-0.39, 0.29) is 23.0 Å². The second-order valence-corrected chi connectivity index (χ2v) is 7.09. The maximum Gasteiger partial charge on any atom is 0.185 e. The van der Waals surface area contributed by atoms with E-state index >= 15 is 0 Å². The molecule has 29 heavy (non-hydrogen) atoms. The molecule has 0 radical (unpaired) electrons. The van der Waals surface area contributed by atoms with Gasteiger partial charge in [0.1, 0.15) is 17.3 Å². The molecule has 152 valence electrons. The van der Waals surface area contributed by atoms with Crippen LogP contribution >= 0.6 is 0 Å². The van der Waals surface area contributed by atoms with Gasteiger partial charge in [-0.2, -0.15) is 0 Å². The van der Waals surface area contributed by atoms with Crippen LogP contribution in [0, 0.1) is 13.8 Å². The number of aryl methyl sites for hydroxylation is 2. The fraction of sp³-hybridized carbons (Fsp3) is 0.240. The van der Waals surface area contributed by atoms with Crippen molar-refractivity contribution in [3.8, 4) is 11.5 Å². The van der Waals surface area contributed by atoms with E-state index in [1.165, 1.54) is 12.2 Å². The number of carbonyl (C=O) groups excluding carboxylic acids is 1. The number of aliphatic hydroxyl groups excluding tert-OH is 1. The monoisotopic (exact) mass is 392 g/mol. The van der Waals surface area contributed by atoms with Crippen LogP contribution in [0.3, 0.4) is 0 Å². The standard InChI is InChI=1S/C25H28O4/c1-4-5-6-21(24(28)13-9-19-7-11-22(26)17(2)15-19)25(29)14-10-20-8-12-23(27)18(3)16-20/h7-16,26-28H,4-6H2,1-3H3/b13-9+,14-10+,24-21?. The molecule has 0 heterocycles. The second-order valence-electron chi connectivity index (χ2n) is 7.09. The minimum absolute atomic E-state index is 0.0549. The minimum Gasteiger partial charge on any atom is -0.508 e. The average molecular weight is 392 g/mol. The fourth-order valence-corrected chi connectivity index (χ4v) is 2.84. The molecule has 0 saturated heterocycles. The van der Waals surface area contributed by atoms with Crippen molar-refractivity contribution >= 4 is 17.9 Å². The number of unbranched alkanes of at least 4 members (excludes halogenated alkanes) is 1. The lowest BCUT2D eigenvalue weighted by Crippen LogP contribution is -2.02. The summed E-state index contributed by atoms with van der Waals surface area (Å²) in [5.41, 5.74) is 3.47. The molecule has 2 rings (SSSR count). The Morgan fingerprint density at radius 3 is 1.90 bits per heavy atom. The predicted octanol–water partition coefficient (Wildman–Crippen LogP) is 6.01. The van der Waals surface area contributed by atoms with Crippen LogP contribution in [0.4, 0.5) is 0 Å². The third-order valence-electron chi connectivity index (χ3n) is 4.69. The molecule has 0 aliphatic carbocycles. The number of phenolic OH excluding ortho intramolecular Hbond substituents is 2. The van der Waals surface area contributed by atoms with Crippen molar-refractivity contribution in [1.29, 1.82) is 0 Å². The Balaban J connectivity index is 2.25. The van der Waals surface area contributed by atoms with Crippen molar-refractivity contribution in [2.45, 2.75) is 40.0 Å². The first-order chi connectivity index (χ1) is 13.8. The number of carbonyl (C=O) groups is 1. The van der Waals surface area contributed by atoms with E-state index in [9.17, 15) is 20.1 Å². The van der Waals surface area contributed by atoms with Crippen LogP contribution in [0.5, 0.6) is 11.5 Å². The number of phenols is 2. The van der Waals surface area contributed by atoms with Crippen molar-refractivity contribution in [3.63, 3.8) is 0 Å². The molecule has 3 N–H and O–H groups in total. The number of benzene rings is 2. The maximum atomic E-state index is 12.7. The number of allylic oxidation sites excluding steroid dienone is 3. The molecule has 0 amide bonds. The van der Waals surface area contributed by atoms with Gasteiger partial charge in [-0.3, -0.25) is 4.79 Å². The summed E-state index contributed by atoms with van der Waals surface area (Å²) in [6.07, 6.45) is 8.56. The van der Waals surface area contributed by atoms with Gasteiger partial charge in [0, 0.05) is 5.57 Å². The Kier molecular flexibility index (Phi) is 7.84. The maximum absolute atomic E-state index is 12.7. The van der Waals surface area contributed by atoms with Crippen LogP contribution in [-0.2, 0) is 4.79 Å². The van der Waals surface area contributed by atoms with Gasteiger partial charge in [-0.05, 0) is 85.4 Å². The number of ketones is 1. The highest BCUT2D eigenvalue weighted by molar-refractivity contribution is 6.06. The van der Waals surface area contributed by atoms with Crippen molar-refractivity contribution in [1.82, 2.24) is 0 Å². The molecule has 0 bridgehead atoms. The van der Waals surface area contributed by atoms with Crippen LogP contribution < -0.4 is 0 Å². The molecule has 0 fully saturated rings. The number of aromatic hydroxyl groups is 2. The van der Waals surface area contributed by atoms with Crippen molar-refractivity contribution in [2.24, 2.45) is 0 Å². The number of rotatable bonds is 8. The molecule has 2 aromatic rings. The van der Waals surface area contributed by atoms with E-state index < -0.39 is 0 Å². The molecule has 0 spiro atoms. The first-order valence-corrected chi connectivity index (χ1v) is 9.73. The summed E-state index contributed by atoms with van der Waals surface area (Å²) in [4.78, 5) is 12.7. The summed E-state index contributed by atoms with van der Waals surface area (Å²) >= 11 is 0. The van der Waals surface area contributed by atoms with E-state index in [1.54, 1.807) is 62.4 Å². The summed E-state index contributed by atoms with van der Waals surface area (Å²) in [6.45, 7) is 5.63. The van der Waals surface area contributed by atoms with Crippen molar-refractivity contribution < 1.29 is 20.1 Å². The normalized spacial score (nSPS) is 12.5. The van der Waals surface area contributed by atoms with Gasteiger partial charge in [-0.1, -0.05) is 37.6 Å². The van der Waals surface area contributed by atoms with Gasteiger partial charge in [0.2, 0.25) is 0 Å². The smallest absolute Gasteiger partial charge is 0.185 e. The zero-order valence-electron chi connectivity index (χ0n) is 17.1. The van der Waals surface area contributed by atoms with Crippen LogP contribution in [0.25, 0.3) is 12.2 Å². The average Bonchev–Trinajstić information content (AvgIpc) is 2.70. The van der Waals surface area contributed by atoms with Crippen molar-refractivity contribution in [3.05, 3.63) is 82.1 Å². The summed E-state index contributed by atoms with van der Waals surface area (Å²) in [5.74, 6) is 0.133. The SMILES string of the molecule is CCCCC(C(=O)/C=C/c1ccc(O)c(C)c1)=C(O)/C=C/c1ccc(O)c(C)c1. The Labute approximate surface area is 172 Å². The molecular formula is C25H28O4. The minimum atomic E-state index is -0.242. The molecular weight excluding hydrogens is 364 g/mol. The summed E-state index contributed by atoms with van der Waals surface area (Å²) in [7, 11) is 0. The van der Waals surface area contributed by atoms with Crippen LogP contribution in [0.1, 0.15) is 48.4 Å². The molecule has 2 aromatic carbocycles. The van der Waals surface area contributed by atoms with Gasteiger partial charge < -0.3 is 15.3 Å². The third-order valence-corrected chi connectivity index (χ3v) is 4.69. The molecule has 0 aromatic heterocycles. The van der Waals surface area contributed by atoms with Crippen LogP contribution in [0.2, 0.25) is 0 Å².